The molecule has 0 bridgehead atoms. The van der Waals surface area contributed by atoms with Gasteiger partial charge in [0, 0.05) is 19.6 Å². The molecule has 6 heteroatoms. The van der Waals surface area contributed by atoms with Gasteiger partial charge in [-0.15, -0.1) is 0 Å². The van der Waals surface area contributed by atoms with E-state index >= 15 is 0 Å². The Morgan fingerprint density at radius 1 is 1.42 bits per heavy atom. The Balaban J connectivity index is 2.03. The Bertz CT molecular complexity index is 530. The predicted octanol–water partition coefficient (Wildman–Crippen LogP) is 0.127. The van der Waals surface area contributed by atoms with Crippen molar-refractivity contribution in [3.8, 4) is 0 Å². The second-order valence-corrected chi connectivity index (χ2v) is 6.68. The molecule has 0 spiro atoms. The summed E-state index contributed by atoms with van der Waals surface area (Å²) in [5, 5.41) is 9.59. The highest BCUT2D eigenvalue weighted by Gasteiger charge is 2.26. The molecule has 1 aliphatic rings. The minimum atomic E-state index is -3.15. The van der Waals surface area contributed by atoms with Crippen molar-refractivity contribution in [2.45, 2.75) is 12.5 Å². The van der Waals surface area contributed by atoms with Crippen molar-refractivity contribution >= 4 is 10.0 Å². The number of benzene rings is 1. The molecule has 0 radical (unpaired) electrons. The maximum atomic E-state index is 11.0. The summed E-state index contributed by atoms with van der Waals surface area (Å²) in [5.41, 5.74) is 2.42. The van der Waals surface area contributed by atoms with Crippen molar-refractivity contribution in [2.75, 3.05) is 32.5 Å². The molecule has 1 aromatic carbocycles. The van der Waals surface area contributed by atoms with Crippen LogP contribution in [0.15, 0.2) is 24.3 Å². The standard InChI is InChI=1S/C13H20N2O3S/c1-19(17,18)14-7-9-15-8-6-11-4-2-3-5-12(11)13(15)10-16/h2-5,13-14,16H,6-10H2,1H3. The Hall–Kier alpha value is -0.950. The number of aliphatic hydroxyl groups excluding tert-OH is 1. The molecule has 19 heavy (non-hydrogen) atoms. The van der Waals surface area contributed by atoms with Crippen molar-refractivity contribution in [2.24, 2.45) is 0 Å². The fraction of sp³-hybridized carbons (Fsp3) is 0.538. The van der Waals surface area contributed by atoms with Crippen LogP contribution in [0.25, 0.3) is 0 Å². The first-order valence-corrected chi connectivity index (χ1v) is 8.28. The van der Waals surface area contributed by atoms with E-state index in [1.165, 1.54) is 5.56 Å². The van der Waals surface area contributed by atoms with Gasteiger partial charge in [0.15, 0.2) is 0 Å². The van der Waals surface area contributed by atoms with Crippen LogP contribution < -0.4 is 4.72 Å². The third kappa shape index (κ3) is 3.76. The average molecular weight is 284 g/mol. The molecule has 106 valence electrons. The van der Waals surface area contributed by atoms with Gasteiger partial charge >= 0.3 is 0 Å². The number of hydrogen-bond donors (Lipinski definition) is 2. The van der Waals surface area contributed by atoms with E-state index in [4.69, 9.17) is 0 Å². The molecule has 1 aliphatic heterocycles. The van der Waals surface area contributed by atoms with Crippen molar-refractivity contribution in [1.29, 1.82) is 0 Å². The van der Waals surface area contributed by atoms with Crippen LogP contribution in [0.2, 0.25) is 0 Å². The molecule has 0 saturated carbocycles. The summed E-state index contributed by atoms with van der Waals surface area (Å²) < 4.78 is 24.6. The van der Waals surface area contributed by atoms with Gasteiger partial charge in [-0.05, 0) is 17.5 Å². The molecule has 1 heterocycles. The van der Waals surface area contributed by atoms with Crippen molar-refractivity contribution in [3.63, 3.8) is 0 Å². The molecule has 0 fully saturated rings. The maximum absolute atomic E-state index is 11.0. The summed E-state index contributed by atoms with van der Waals surface area (Å²) in [5.74, 6) is 0. The first-order chi connectivity index (χ1) is 9.01. The molecule has 1 atom stereocenters. The van der Waals surface area contributed by atoms with Crippen molar-refractivity contribution < 1.29 is 13.5 Å². The van der Waals surface area contributed by atoms with E-state index < -0.39 is 10.0 Å². The lowest BCUT2D eigenvalue weighted by Gasteiger charge is -2.36. The molecule has 0 aromatic heterocycles. The number of sulfonamides is 1. The molecular weight excluding hydrogens is 264 g/mol. The fourth-order valence-electron chi connectivity index (χ4n) is 2.56. The number of hydrogen-bond acceptors (Lipinski definition) is 4. The molecule has 1 unspecified atom stereocenters. The number of nitrogens with zero attached hydrogens (tertiary/aromatic N) is 1. The van der Waals surface area contributed by atoms with Crippen LogP contribution in [0, 0.1) is 0 Å². The highest BCUT2D eigenvalue weighted by atomic mass is 32.2. The van der Waals surface area contributed by atoms with E-state index in [0.29, 0.717) is 13.1 Å². The lowest BCUT2D eigenvalue weighted by Crippen LogP contribution is -2.41. The first kappa shape index (κ1) is 14.5. The van der Waals surface area contributed by atoms with Gasteiger partial charge < -0.3 is 5.11 Å². The maximum Gasteiger partial charge on any atom is 0.208 e. The summed E-state index contributed by atoms with van der Waals surface area (Å²) in [7, 11) is -3.15. The minimum absolute atomic E-state index is 0.0358. The van der Waals surface area contributed by atoms with E-state index in [1.54, 1.807) is 0 Å². The molecule has 0 amide bonds. The van der Waals surface area contributed by atoms with Crippen LogP contribution >= 0.6 is 0 Å². The Kier molecular flexibility index (Phi) is 4.57. The zero-order valence-electron chi connectivity index (χ0n) is 11.0. The predicted molar refractivity (Wildman–Crippen MR) is 74.4 cm³/mol. The van der Waals surface area contributed by atoms with E-state index in [-0.39, 0.29) is 12.6 Å². The van der Waals surface area contributed by atoms with Gasteiger partial charge in [0.05, 0.1) is 18.9 Å². The second-order valence-electron chi connectivity index (χ2n) is 4.85. The smallest absolute Gasteiger partial charge is 0.208 e. The molecule has 2 N–H and O–H groups in total. The van der Waals surface area contributed by atoms with Gasteiger partial charge in [-0.2, -0.15) is 0 Å². The molecule has 5 nitrogen and oxygen atoms in total. The van der Waals surface area contributed by atoms with E-state index in [9.17, 15) is 13.5 Å². The molecule has 0 aliphatic carbocycles. The summed E-state index contributed by atoms with van der Waals surface area (Å²) >= 11 is 0. The highest BCUT2D eigenvalue weighted by molar-refractivity contribution is 7.88. The molecule has 1 aromatic rings. The third-order valence-electron chi connectivity index (χ3n) is 3.46. The van der Waals surface area contributed by atoms with Crippen LogP contribution in [-0.4, -0.2) is 50.9 Å². The van der Waals surface area contributed by atoms with E-state index in [1.807, 2.05) is 18.2 Å². The number of nitrogens with one attached hydrogen (secondary N) is 1. The number of aliphatic hydroxyl groups is 1. The number of rotatable bonds is 5. The Labute approximate surface area is 114 Å². The van der Waals surface area contributed by atoms with Crippen LogP contribution in [0.4, 0.5) is 0 Å². The largest absolute Gasteiger partial charge is 0.394 e. The lowest BCUT2D eigenvalue weighted by atomic mass is 9.93. The lowest BCUT2D eigenvalue weighted by molar-refractivity contribution is 0.116. The van der Waals surface area contributed by atoms with Crippen molar-refractivity contribution in [1.82, 2.24) is 9.62 Å². The van der Waals surface area contributed by atoms with Gasteiger partial charge in [-0.1, -0.05) is 24.3 Å². The zero-order chi connectivity index (χ0) is 13.9. The minimum Gasteiger partial charge on any atom is -0.394 e. The average Bonchev–Trinajstić information content (AvgIpc) is 2.37. The van der Waals surface area contributed by atoms with E-state index in [2.05, 4.69) is 15.7 Å². The van der Waals surface area contributed by atoms with E-state index in [0.717, 1.165) is 24.8 Å². The monoisotopic (exact) mass is 284 g/mol. The highest BCUT2D eigenvalue weighted by Crippen LogP contribution is 2.28. The van der Waals surface area contributed by atoms with Crippen LogP contribution in [0.5, 0.6) is 0 Å². The normalized spacial score (nSPS) is 20.2. The van der Waals surface area contributed by atoms with Gasteiger partial charge in [0.2, 0.25) is 10.0 Å². The van der Waals surface area contributed by atoms with Crippen LogP contribution in [-0.2, 0) is 16.4 Å². The second kappa shape index (κ2) is 6.00. The molecule has 0 saturated heterocycles. The third-order valence-corrected chi connectivity index (χ3v) is 4.19. The summed E-state index contributed by atoms with van der Waals surface area (Å²) in [6.45, 7) is 1.87. The van der Waals surface area contributed by atoms with Crippen molar-refractivity contribution in [3.05, 3.63) is 35.4 Å². The quantitative estimate of drug-likeness (QED) is 0.806. The van der Waals surface area contributed by atoms with Gasteiger partial charge in [-0.25, -0.2) is 13.1 Å². The summed E-state index contributed by atoms with van der Waals surface area (Å²) in [6, 6.07) is 8.07. The fourth-order valence-corrected chi connectivity index (χ4v) is 3.02. The van der Waals surface area contributed by atoms with Crippen LogP contribution in [0.1, 0.15) is 17.2 Å². The van der Waals surface area contributed by atoms with Gasteiger partial charge in [0.25, 0.3) is 0 Å². The van der Waals surface area contributed by atoms with Crippen LogP contribution in [0.3, 0.4) is 0 Å². The molecule has 2 rings (SSSR count). The SMILES string of the molecule is CS(=O)(=O)NCCN1CCc2ccccc2C1CO. The molecular formula is C13H20N2O3S. The number of fused-ring (bicyclic) bond motifs is 1. The topological polar surface area (TPSA) is 69.6 Å². The Morgan fingerprint density at radius 2 is 2.16 bits per heavy atom. The summed E-state index contributed by atoms with van der Waals surface area (Å²) in [4.78, 5) is 2.13. The zero-order valence-corrected chi connectivity index (χ0v) is 11.9. The first-order valence-electron chi connectivity index (χ1n) is 6.38. The Morgan fingerprint density at radius 3 is 2.84 bits per heavy atom. The van der Waals surface area contributed by atoms with Gasteiger partial charge in [0.1, 0.15) is 0 Å². The summed E-state index contributed by atoms with van der Waals surface area (Å²) in [6.07, 6.45) is 2.09. The van der Waals surface area contributed by atoms with Gasteiger partial charge in [-0.3, -0.25) is 4.90 Å².